The molecular weight excluding hydrogens is 322 g/mol. The maximum Gasteiger partial charge on any atom is 0.193 e. The van der Waals surface area contributed by atoms with Gasteiger partial charge in [0.15, 0.2) is 5.43 Å². The average molecular weight is 332 g/mol. The van der Waals surface area contributed by atoms with E-state index in [1.54, 1.807) is 24.3 Å². The van der Waals surface area contributed by atoms with Gasteiger partial charge in [0.2, 0.25) is 0 Å². The van der Waals surface area contributed by atoms with Crippen molar-refractivity contribution in [3.8, 4) is 17.1 Å². The average Bonchev–Trinajstić information content (AvgIpc) is 2.42. The van der Waals surface area contributed by atoms with Gasteiger partial charge in [0.25, 0.3) is 0 Å². The molecule has 0 saturated heterocycles. The summed E-state index contributed by atoms with van der Waals surface area (Å²) in [5.74, 6) is 0.394. The zero-order valence-electron chi connectivity index (χ0n) is 10.3. The fourth-order valence-electron chi connectivity index (χ4n) is 2.02. The second-order valence-electron chi connectivity index (χ2n) is 4.39. The highest BCUT2D eigenvalue weighted by Gasteiger charge is 2.10. The van der Waals surface area contributed by atoms with Crippen LogP contribution in [0.4, 0.5) is 5.69 Å². The van der Waals surface area contributed by atoms with Crippen LogP contribution in [0.25, 0.3) is 22.3 Å². The third-order valence-corrected chi connectivity index (χ3v) is 3.48. The number of nitrogen functional groups attached to an aromatic ring is 1. The Kier molecular flexibility index (Phi) is 2.99. The molecule has 20 heavy (non-hydrogen) atoms. The second kappa shape index (κ2) is 4.68. The summed E-state index contributed by atoms with van der Waals surface area (Å²) in [6.45, 7) is 0. The fourth-order valence-corrected chi connectivity index (χ4v) is 2.38. The Morgan fingerprint density at radius 1 is 1.10 bits per heavy atom. The van der Waals surface area contributed by atoms with Crippen molar-refractivity contribution < 1.29 is 9.52 Å². The summed E-state index contributed by atoms with van der Waals surface area (Å²) >= 11 is 3.32. The number of nitrogens with two attached hydrogens (primary N) is 1. The van der Waals surface area contributed by atoms with Crippen LogP contribution in [0, 0.1) is 0 Å². The molecule has 3 N–H and O–H groups in total. The number of fused-ring (bicyclic) bond motifs is 1. The SMILES string of the molecule is Nc1ccc(O)cc1-c1cc(=O)c2cc(Br)ccc2o1. The molecular formula is C15H10BrNO3. The highest BCUT2D eigenvalue weighted by atomic mass is 79.9. The molecule has 0 aliphatic rings. The maximum atomic E-state index is 12.1. The Morgan fingerprint density at radius 2 is 1.90 bits per heavy atom. The number of phenols is 1. The molecule has 0 atom stereocenters. The number of benzene rings is 2. The molecule has 0 bridgehead atoms. The normalized spacial score (nSPS) is 10.8. The largest absolute Gasteiger partial charge is 0.508 e. The summed E-state index contributed by atoms with van der Waals surface area (Å²) in [5, 5.41) is 10.0. The molecule has 100 valence electrons. The third kappa shape index (κ3) is 2.16. The summed E-state index contributed by atoms with van der Waals surface area (Å²) in [6, 6.07) is 11.1. The van der Waals surface area contributed by atoms with E-state index in [1.807, 2.05) is 0 Å². The van der Waals surface area contributed by atoms with Crippen molar-refractivity contribution in [1.29, 1.82) is 0 Å². The summed E-state index contributed by atoms with van der Waals surface area (Å²) in [5.41, 5.74) is 7.09. The first-order valence-electron chi connectivity index (χ1n) is 5.87. The van der Waals surface area contributed by atoms with Crippen LogP contribution in [0.1, 0.15) is 0 Å². The molecule has 3 rings (SSSR count). The summed E-state index contributed by atoms with van der Waals surface area (Å²) in [6.07, 6.45) is 0. The van der Waals surface area contributed by atoms with Crippen molar-refractivity contribution in [3.63, 3.8) is 0 Å². The van der Waals surface area contributed by atoms with Crippen molar-refractivity contribution >= 4 is 32.6 Å². The van der Waals surface area contributed by atoms with Gasteiger partial charge in [-0.3, -0.25) is 4.79 Å². The van der Waals surface area contributed by atoms with Gasteiger partial charge in [-0.2, -0.15) is 0 Å². The minimum Gasteiger partial charge on any atom is -0.508 e. The van der Waals surface area contributed by atoms with Gasteiger partial charge in [0, 0.05) is 21.8 Å². The first-order chi connectivity index (χ1) is 9.54. The Morgan fingerprint density at radius 3 is 2.70 bits per heavy atom. The highest BCUT2D eigenvalue weighted by molar-refractivity contribution is 9.10. The lowest BCUT2D eigenvalue weighted by atomic mass is 10.1. The quantitative estimate of drug-likeness (QED) is 0.528. The summed E-state index contributed by atoms with van der Waals surface area (Å²) in [7, 11) is 0. The smallest absolute Gasteiger partial charge is 0.193 e. The lowest BCUT2D eigenvalue weighted by Gasteiger charge is -2.07. The van der Waals surface area contributed by atoms with Crippen LogP contribution in [0.3, 0.4) is 0 Å². The van der Waals surface area contributed by atoms with E-state index in [-0.39, 0.29) is 11.2 Å². The van der Waals surface area contributed by atoms with Crippen LogP contribution in [0.5, 0.6) is 5.75 Å². The maximum absolute atomic E-state index is 12.1. The van der Waals surface area contributed by atoms with Gasteiger partial charge in [-0.15, -0.1) is 0 Å². The van der Waals surface area contributed by atoms with Gasteiger partial charge in [-0.05, 0) is 36.4 Å². The number of halogens is 1. The van der Waals surface area contributed by atoms with Crippen LogP contribution in [-0.2, 0) is 0 Å². The third-order valence-electron chi connectivity index (χ3n) is 2.99. The van der Waals surface area contributed by atoms with Gasteiger partial charge in [0.1, 0.15) is 17.1 Å². The molecule has 0 saturated carbocycles. The van der Waals surface area contributed by atoms with E-state index in [0.717, 1.165) is 4.47 Å². The standard InChI is InChI=1S/C15H10BrNO3/c16-8-1-4-14-11(5-8)13(19)7-15(20-14)10-6-9(18)2-3-12(10)17/h1-7,18H,17H2. The fraction of sp³-hybridized carbons (Fsp3) is 0. The van der Waals surface area contributed by atoms with Crippen molar-refractivity contribution in [3.05, 3.63) is 57.2 Å². The number of hydrogen-bond acceptors (Lipinski definition) is 4. The minimum atomic E-state index is -0.162. The van der Waals surface area contributed by atoms with Crippen LogP contribution in [0.2, 0.25) is 0 Å². The number of phenolic OH excluding ortho intramolecular Hbond substituents is 1. The Hall–Kier alpha value is -2.27. The number of anilines is 1. The van der Waals surface area contributed by atoms with Gasteiger partial charge in [0.05, 0.1) is 5.39 Å². The number of rotatable bonds is 1. The van der Waals surface area contributed by atoms with Gasteiger partial charge < -0.3 is 15.3 Å². The predicted octanol–water partition coefficient (Wildman–Crippen LogP) is 3.51. The molecule has 1 heterocycles. The Bertz CT molecular complexity index is 871. The topological polar surface area (TPSA) is 76.5 Å². The minimum absolute atomic E-state index is 0.0627. The lowest BCUT2D eigenvalue weighted by molar-refractivity contribution is 0.475. The first kappa shape index (κ1) is 12.7. The Labute approximate surface area is 122 Å². The molecule has 0 aliphatic carbocycles. The molecule has 4 nitrogen and oxygen atoms in total. The van der Waals surface area contributed by atoms with Gasteiger partial charge in [-0.25, -0.2) is 0 Å². The predicted molar refractivity (Wildman–Crippen MR) is 81.7 cm³/mol. The molecule has 0 aliphatic heterocycles. The van der Waals surface area contributed by atoms with E-state index in [4.69, 9.17) is 10.2 Å². The Balaban J connectivity index is 2.30. The van der Waals surface area contributed by atoms with Gasteiger partial charge >= 0.3 is 0 Å². The first-order valence-corrected chi connectivity index (χ1v) is 6.66. The van der Waals surface area contributed by atoms with E-state index in [2.05, 4.69) is 15.9 Å². The molecule has 5 heteroatoms. The van der Waals surface area contributed by atoms with E-state index < -0.39 is 0 Å². The van der Waals surface area contributed by atoms with Crippen LogP contribution in [-0.4, -0.2) is 5.11 Å². The van der Waals surface area contributed by atoms with E-state index >= 15 is 0 Å². The van der Waals surface area contributed by atoms with Gasteiger partial charge in [-0.1, -0.05) is 15.9 Å². The van der Waals surface area contributed by atoms with Crippen molar-refractivity contribution in [2.75, 3.05) is 5.73 Å². The molecule has 0 spiro atoms. The van der Waals surface area contributed by atoms with Crippen molar-refractivity contribution in [1.82, 2.24) is 0 Å². The van der Waals surface area contributed by atoms with Crippen LogP contribution < -0.4 is 11.2 Å². The molecule has 0 unspecified atom stereocenters. The lowest BCUT2D eigenvalue weighted by Crippen LogP contribution is -2.01. The second-order valence-corrected chi connectivity index (χ2v) is 5.30. The van der Waals surface area contributed by atoms with Crippen molar-refractivity contribution in [2.45, 2.75) is 0 Å². The molecule has 0 fully saturated rings. The zero-order chi connectivity index (χ0) is 14.3. The molecule has 0 amide bonds. The summed E-state index contributed by atoms with van der Waals surface area (Å²) < 4.78 is 6.51. The van der Waals surface area contributed by atoms with E-state index in [0.29, 0.717) is 28.0 Å². The summed E-state index contributed by atoms with van der Waals surface area (Å²) in [4.78, 5) is 12.1. The van der Waals surface area contributed by atoms with E-state index in [1.165, 1.54) is 18.2 Å². The molecule has 2 aromatic carbocycles. The van der Waals surface area contributed by atoms with E-state index in [9.17, 15) is 9.90 Å². The van der Waals surface area contributed by atoms with Crippen LogP contribution in [0.15, 0.2) is 56.1 Å². The zero-order valence-corrected chi connectivity index (χ0v) is 11.8. The highest BCUT2D eigenvalue weighted by Crippen LogP contribution is 2.30. The molecule has 3 aromatic rings. The molecule has 1 aromatic heterocycles. The van der Waals surface area contributed by atoms with Crippen molar-refractivity contribution in [2.24, 2.45) is 0 Å². The number of hydrogen-bond donors (Lipinski definition) is 2. The monoisotopic (exact) mass is 331 g/mol. The molecule has 0 radical (unpaired) electrons. The number of aromatic hydroxyl groups is 1. The van der Waals surface area contributed by atoms with Crippen LogP contribution >= 0.6 is 15.9 Å².